The normalized spacial score (nSPS) is 11.0. The first kappa shape index (κ1) is 32.7. The molecule has 0 aliphatic rings. The Balaban J connectivity index is 1.23. The number of benzene rings is 8. The number of fused-ring (bicyclic) bond motifs is 1. The van der Waals surface area contributed by atoms with Crippen LogP contribution in [0, 0.1) is 0 Å². The van der Waals surface area contributed by atoms with Crippen LogP contribution in [0.3, 0.4) is 0 Å². The van der Waals surface area contributed by atoms with Crippen LogP contribution in [0.15, 0.2) is 212 Å². The van der Waals surface area contributed by atoms with E-state index < -0.39 is 0 Å². The molecule has 0 saturated carbocycles. The lowest BCUT2D eigenvalue weighted by Gasteiger charge is -2.19. The van der Waals surface area contributed by atoms with Crippen LogP contribution in [0.4, 0.5) is 0 Å². The Kier molecular flexibility index (Phi) is 8.94. The van der Waals surface area contributed by atoms with Crippen LogP contribution in [0.2, 0.25) is 0 Å². The van der Waals surface area contributed by atoms with Gasteiger partial charge in [-0.25, -0.2) is 15.0 Å². The number of rotatable bonds is 8. The smallest absolute Gasteiger partial charge is 0.164 e. The van der Waals surface area contributed by atoms with Crippen molar-refractivity contribution in [3.05, 3.63) is 235 Å². The van der Waals surface area contributed by atoms with Gasteiger partial charge in [-0.3, -0.25) is 0 Å². The van der Waals surface area contributed by atoms with E-state index in [1.165, 1.54) is 22.3 Å². The van der Waals surface area contributed by atoms with Crippen molar-refractivity contribution in [2.75, 3.05) is 0 Å². The molecule has 3 nitrogen and oxygen atoms in total. The Morgan fingerprint density at radius 3 is 1.11 bits per heavy atom. The number of nitrogens with zero attached hydrogens (tertiary/aromatic N) is 3. The van der Waals surface area contributed by atoms with Gasteiger partial charge in [-0.15, -0.1) is 0 Å². The monoisotopic (exact) mass is 689 g/mol. The van der Waals surface area contributed by atoms with Crippen LogP contribution in [0.1, 0.15) is 22.3 Å². The minimum Gasteiger partial charge on any atom is -0.208 e. The molecule has 1 heterocycles. The van der Waals surface area contributed by atoms with Crippen LogP contribution in [0.5, 0.6) is 0 Å². The van der Waals surface area contributed by atoms with Gasteiger partial charge in [0.25, 0.3) is 0 Å². The van der Waals surface area contributed by atoms with Crippen molar-refractivity contribution in [1.29, 1.82) is 0 Å². The Hall–Kier alpha value is -7.23. The summed E-state index contributed by atoms with van der Waals surface area (Å²) in [7, 11) is 0. The lowest BCUT2D eigenvalue weighted by Crippen LogP contribution is -2.00. The summed E-state index contributed by atoms with van der Waals surface area (Å²) < 4.78 is 0. The molecule has 9 aromatic rings. The molecule has 0 radical (unpaired) electrons. The molecule has 0 unspecified atom stereocenters. The molecule has 54 heavy (non-hydrogen) atoms. The van der Waals surface area contributed by atoms with Gasteiger partial charge in [-0.2, -0.15) is 0 Å². The third-order valence-electron chi connectivity index (χ3n) is 9.76. The maximum Gasteiger partial charge on any atom is 0.164 e. The van der Waals surface area contributed by atoms with Gasteiger partial charge < -0.3 is 0 Å². The van der Waals surface area contributed by atoms with Gasteiger partial charge in [0.15, 0.2) is 17.5 Å². The molecule has 0 atom stereocenters. The molecule has 0 aliphatic heterocycles. The molecule has 0 spiro atoms. The molecule has 3 heteroatoms. The Morgan fingerprint density at radius 1 is 0.259 bits per heavy atom. The van der Waals surface area contributed by atoms with Crippen molar-refractivity contribution in [3.63, 3.8) is 0 Å². The van der Waals surface area contributed by atoms with Gasteiger partial charge in [0.2, 0.25) is 0 Å². The lowest BCUT2D eigenvalue weighted by atomic mass is 9.84. The van der Waals surface area contributed by atoms with Crippen LogP contribution in [-0.2, 0) is 0 Å². The van der Waals surface area contributed by atoms with Crippen LogP contribution in [0.25, 0.3) is 67.2 Å². The Morgan fingerprint density at radius 2 is 0.611 bits per heavy atom. The summed E-state index contributed by atoms with van der Waals surface area (Å²) in [5.74, 6) is 1.94. The molecular weight excluding hydrogens is 655 g/mol. The van der Waals surface area contributed by atoms with Crippen molar-refractivity contribution >= 4 is 21.9 Å². The second kappa shape index (κ2) is 14.8. The standard InChI is InChI=1S/C51H35N3/c1-6-19-36(20-7-1)47(37-21-8-2-9-22-37)48(38-23-10-3-11-24-38)42-30-18-29-41(35-42)43-33-34-46(45-32-17-16-31-44(43)45)51-53-49(39-25-12-4-13-26-39)52-50(54-51)40-27-14-5-15-28-40/h1-35H. The van der Waals surface area contributed by atoms with E-state index in [0.29, 0.717) is 17.5 Å². The molecule has 8 aromatic carbocycles. The molecule has 0 fully saturated rings. The molecule has 9 rings (SSSR count). The summed E-state index contributed by atoms with van der Waals surface area (Å²) in [6, 6.07) is 74.3. The highest BCUT2D eigenvalue weighted by Gasteiger charge is 2.19. The zero-order chi connectivity index (χ0) is 36.1. The van der Waals surface area contributed by atoms with Crippen molar-refractivity contribution in [2.24, 2.45) is 0 Å². The van der Waals surface area contributed by atoms with E-state index in [1.54, 1.807) is 0 Å². The second-order valence-corrected chi connectivity index (χ2v) is 13.2. The molecule has 0 aliphatic carbocycles. The lowest BCUT2D eigenvalue weighted by molar-refractivity contribution is 1.08. The molecule has 0 amide bonds. The van der Waals surface area contributed by atoms with Crippen molar-refractivity contribution in [3.8, 4) is 45.3 Å². The minimum atomic E-state index is 0.642. The topological polar surface area (TPSA) is 38.7 Å². The summed E-state index contributed by atoms with van der Waals surface area (Å²) >= 11 is 0. The minimum absolute atomic E-state index is 0.642. The largest absolute Gasteiger partial charge is 0.208 e. The maximum absolute atomic E-state index is 5.07. The van der Waals surface area contributed by atoms with E-state index in [2.05, 4.69) is 152 Å². The second-order valence-electron chi connectivity index (χ2n) is 13.2. The van der Waals surface area contributed by atoms with Crippen LogP contribution in [-0.4, -0.2) is 15.0 Å². The van der Waals surface area contributed by atoms with Gasteiger partial charge in [-0.1, -0.05) is 200 Å². The van der Waals surface area contributed by atoms with Gasteiger partial charge in [0, 0.05) is 16.7 Å². The zero-order valence-electron chi connectivity index (χ0n) is 29.5. The molecule has 0 saturated heterocycles. The van der Waals surface area contributed by atoms with Crippen molar-refractivity contribution in [2.45, 2.75) is 0 Å². The van der Waals surface area contributed by atoms with E-state index in [9.17, 15) is 0 Å². The summed E-state index contributed by atoms with van der Waals surface area (Å²) in [6.07, 6.45) is 0. The first-order valence-corrected chi connectivity index (χ1v) is 18.2. The Labute approximate surface area is 315 Å². The van der Waals surface area contributed by atoms with Gasteiger partial charge in [-0.05, 0) is 67.4 Å². The summed E-state index contributed by atoms with van der Waals surface area (Å²) in [4.78, 5) is 15.1. The number of aromatic nitrogens is 3. The predicted molar refractivity (Wildman–Crippen MR) is 223 cm³/mol. The summed E-state index contributed by atoms with van der Waals surface area (Å²) in [5.41, 5.74) is 12.2. The number of hydrogen-bond acceptors (Lipinski definition) is 3. The fraction of sp³-hybridized carbons (Fsp3) is 0. The third kappa shape index (κ3) is 6.51. The first-order chi connectivity index (χ1) is 26.8. The molecule has 254 valence electrons. The average molecular weight is 690 g/mol. The molecular formula is C51H35N3. The van der Waals surface area contributed by atoms with Crippen molar-refractivity contribution in [1.82, 2.24) is 15.0 Å². The highest BCUT2D eigenvalue weighted by Crippen LogP contribution is 2.40. The van der Waals surface area contributed by atoms with E-state index in [0.717, 1.165) is 49.7 Å². The maximum atomic E-state index is 5.07. The van der Waals surface area contributed by atoms with Crippen LogP contribution < -0.4 is 0 Å². The molecule has 1 aromatic heterocycles. The fourth-order valence-corrected chi connectivity index (χ4v) is 7.24. The quantitative estimate of drug-likeness (QED) is 0.149. The highest BCUT2D eigenvalue weighted by atomic mass is 15.0. The SMILES string of the molecule is c1ccc(C(=C(c2ccccc2)c2cccc(-c3ccc(-c4nc(-c5ccccc5)nc(-c5ccccc5)n4)c4ccccc34)c2)c2ccccc2)cc1. The molecule has 0 bridgehead atoms. The summed E-state index contributed by atoms with van der Waals surface area (Å²) in [6.45, 7) is 0. The first-order valence-electron chi connectivity index (χ1n) is 18.2. The Bertz CT molecular complexity index is 2630. The van der Waals surface area contributed by atoms with E-state index in [1.807, 2.05) is 60.7 Å². The van der Waals surface area contributed by atoms with E-state index in [4.69, 9.17) is 15.0 Å². The van der Waals surface area contributed by atoms with E-state index >= 15 is 0 Å². The summed E-state index contributed by atoms with van der Waals surface area (Å²) in [5, 5.41) is 2.21. The fourth-order valence-electron chi connectivity index (χ4n) is 7.24. The van der Waals surface area contributed by atoms with Gasteiger partial charge in [0.1, 0.15) is 0 Å². The van der Waals surface area contributed by atoms with Crippen LogP contribution >= 0.6 is 0 Å². The van der Waals surface area contributed by atoms with E-state index in [-0.39, 0.29) is 0 Å². The third-order valence-corrected chi connectivity index (χ3v) is 9.76. The molecule has 0 N–H and O–H groups in total. The van der Waals surface area contributed by atoms with Gasteiger partial charge >= 0.3 is 0 Å². The number of hydrogen-bond donors (Lipinski definition) is 0. The van der Waals surface area contributed by atoms with Gasteiger partial charge in [0.05, 0.1) is 0 Å². The predicted octanol–water partition coefficient (Wildman–Crippen LogP) is 12.7. The average Bonchev–Trinajstić information content (AvgIpc) is 3.26. The highest BCUT2D eigenvalue weighted by molar-refractivity contribution is 6.07. The zero-order valence-corrected chi connectivity index (χ0v) is 29.5. The van der Waals surface area contributed by atoms with Crippen molar-refractivity contribution < 1.29 is 0 Å².